The minimum absolute atomic E-state index is 0.0718. The summed E-state index contributed by atoms with van der Waals surface area (Å²) in [5.41, 5.74) is 0.494. The first-order valence-electron chi connectivity index (χ1n) is 9.01. The summed E-state index contributed by atoms with van der Waals surface area (Å²) < 4.78 is 38.9. The molecule has 4 rings (SSSR count). The van der Waals surface area contributed by atoms with E-state index in [-0.39, 0.29) is 5.56 Å². The Morgan fingerprint density at radius 1 is 1.10 bits per heavy atom. The fourth-order valence-electron chi connectivity index (χ4n) is 3.44. The highest BCUT2D eigenvalue weighted by atomic mass is 19.4. The summed E-state index contributed by atoms with van der Waals surface area (Å²) in [6, 6.07) is 11.6. The molecule has 0 unspecified atom stereocenters. The number of fused-ring (bicyclic) bond motifs is 1. The Kier molecular flexibility index (Phi) is 4.70. The van der Waals surface area contributed by atoms with Crippen molar-refractivity contribution in [1.29, 1.82) is 0 Å². The second kappa shape index (κ2) is 7.20. The average molecular weight is 399 g/mol. The Labute approximate surface area is 163 Å². The standard InChI is InChI=1S/C21H16F3N3O2/c22-21(23,24)14-6-9-18-13(12-14)4-3-11-27(18)20(29)15-7-8-17(26-19(15)28)16-5-1-2-10-25-16/h1-2,5-10,12H,3-4,11H2,(H,26,28). The molecular formula is C21H16F3N3O2. The number of nitrogens with zero attached hydrogens (tertiary/aromatic N) is 2. The fraction of sp³-hybridized carbons (Fsp3) is 0.190. The number of H-pyrrole nitrogens is 1. The molecule has 0 saturated heterocycles. The molecule has 0 fully saturated rings. The Bertz CT molecular complexity index is 1120. The van der Waals surface area contributed by atoms with Gasteiger partial charge in [-0.3, -0.25) is 14.6 Å². The van der Waals surface area contributed by atoms with E-state index in [2.05, 4.69) is 9.97 Å². The number of alkyl halides is 3. The normalized spacial score (nSPS) is 13.8. The van der Waals surface area contributed by atoms with Gasteiger partial charge in [-0.1, -0.05) is 6.07 Å². The van der Waals surface area contributed by atoms with E-state index >= 15 is 0 Å². The van der Waals surface area contributed by atoms with Crippen molar-refractivity contribution in [3.05, 3.63) is 81.8 Å². The van der Waals surface area contributed by atoms with Gasteiger partial charge >= 0.3 is 6.18 Å². The maximum absolute atomic E-state index is 13.0. The number of amides is 1. The summed E-state index contributed by atoms with van der Waals surface area (Å²) in [7, 11) is 0. The van der Waals surface area contributed by atoms with Crippen molar-refractivity contribution < 1.29 is 18.0 Å². The van der Waals surface area contributed by atoms with Crippen LogP contribution in [-0.4, -0.2) is 22.4 Å². The molecule has 0 radical (unpaired) electrons. The summed E-state index contributed by atoms with van der Waals surface area (Å²) in [4.78, 5) is 33.7. The van der Waals surface area contributed by atoms with E-state index in [0.29, 0.717) is 42.0 Å². The molecule has 0 bridgehead atoms. The van der Waals surface area contributed by atoms with Crippen LogP contribution in [0.4, 0.5) is 18.9 Å². The first-order chi connectivity index (χ1) is 13.8. The van der Waals surface area contributed by atoms with E-state index in [1.165, 1.54) is 17.0 Å². The Morgan fingerprint density at radius 2 is 1.93 bits per heavy atom. The smallest absolute Gasteiger partial charge is 0.320 e. The molecule has 148 valence electrons. The molecule has 0 aliphatic carbocycles. The lowest BCUT2D eigenvalue weighted by Crippen LogP contribution is -2.38. The fourth-order valence-corrected chi connectivity index (χ4v) is 3.44. The number of pyridine rings is 2. The molecule has 29 heavy (non-hydrogen) atoms. The Hall–Kier alpha value is -3.42. The van der Waals surface area contributed by atoms with Gasteiger partial charge in [0.1, 0.15) is 5.56 Å². The lowest BCUT2D eigenvalue weighted by molar-refractivity contribution is -0.137. The maximum atomic E-state index is 13.0. The number of carbonyl (C=O) groups excluding carboxylic acids is 1. The van der Waals surface area contributed by atoms with Crippen molar-refractivity contribution in [2.75, 3.05) is 11.4 Å². The molecule has 3 aromatic rings. The number of anilines is 1. The van der Waals surface area contributed by atoms with Gasteiger partial charge in [0.25, 0.3) is 11.5 Å². The SMILES string of the molecule is O=C(c1ccc(-c2ccccn2)[nH]c1=O)N1CCCc2cc(C(F)(F)F)ccc21. The van der Waals surface area contributed by atoms with Crippen LogP contribution in [0, 0.1) is 0 Å². The number of hydrogen-bond donors (Lipinski definition) is 1. The number of benzene rings is 1. The zero-order valence-corrected chi connectivity index (χ0v) is 15.2. The molecule has 1 amide bonds. The number of hydrogen-bond acceptors (Lipinski definition) is 3. The second-order valence-electron chi connectivity index (χ2n) is 6.73. The van der Waals surface area contributed by atoms with E-state index in [1.54, 1.807) is 30.5 Å². The van der Waals surface area contributed by atoms with E-state index in [9.17, 15) is 22.8 Å². The molecule has 0 atom stereocenters. The van der Waals surface area contributed by atoms with Crippen LogP contribution in [-0.2, 0) is 12.6 Å². The van der Waals surface area contributed by atoms with E-state index in [1.807, 2.05) is 0 Å². The van der Waals surface area contributed by atoms with E-state index in [4.69, 9.17) is 0 Å². The van der Waals surface area contributed by atoms with Crippen LogP contribution in [0.2, 0.25) is 0 Å². The zero-order chi connectivity index (χ0) is 20.6. The van der Waals surface area contributed by atoms with Gasteiger partial charge < -0.3 is 9.88 Å². The predicted octanol–water partition coefficient (Wildman–Crippen LogP) is 4.05. The van der Waals surface area contributed by atoms with Gasteiger partial charge in [0.05, 0.1) is 17.0 Å². The third-order valence-electron chi connectivity index (χ3n) is 4.85. The summed E-state index contributed by atoms with van der Waals surface area (Å²) in [6.07, 6.45) is -1.89. The number of aryl methyl sites for hydroxylation is 1. The van der Waals surface area contributed by atoms with Gasteiger partial charge in [-0.2, -0.15) is 13.2 Å². The highest BCUT2D eigenvalue weighted by molar-refractivity contribution is 6.06. The molecule has 1 N–H and O–H groups in total. The lowest BCUT2D eigenvalue weighted by atomic mass is 9.98. The molecule has 0 saturated carbocycles. The van der Waals surface area contributed by atoms with Gasteiger partial charge in [0, 0.05) is 18.4 Å². The van der Waals surface area contributed by atoms with Gasteiger partial charge in [0.15, 0.2) is 0 Å². The summed E-state index contributed by atoms with van der Waals surface area (Å²) in [5.74, 6) is -0.542. The van der Waals surface area contributed by atoms with E-state index in [0.717, 1.165) is 12.1 Å². The van der Waals surface area contributed by atoms with Crippen LogP contribution in [0.1, 0.15) is 27.9 Å². The number of aromatic amines is 1. The number of rotatable bonds is 2. The van der Waals surface area contributed by atoms with Crippen molar-refractivity contribution in [3.8, 4) is 11.4 Å². The number of carbonyl (C=O) groups is 1. The van der Waals surface area contributed by atoms with Crippen molar-refractivity contribution in [3.63, 3.8) is 0 Å². The third kappa shape index (κ3) is 3.65. The molecule has 1 aromatic carbocycles. The van der Waals surface area contributed by atoms with Gasteiger partial charge in [-0.15, -0.1) is 0 Å². The topological polar surface area (TPSA) is 66.1 Å². The summed E-state index contributed by atoms with van der Waals surface area (Å²) in [6.45, 7) is 0.332. The van der Waals surface area contributed by atoms with Crippen LogP contribution in [0.15, 0.2) is 59.5 Å². The predicted molar refractivity (Wildman–Crippen MR) is 102 cm³/mol. The van der Waals surface area contributed by atoms with Crippen LogP contribution in [0.3, 0.4) is 0 Å². The molecule has 2 aromatic heterocycles. The molecule has 1 aliphatic rings. The molecule has 5 nitrogen and oxygen atoms in total. The number of nitrogens with one attached hydrogen (secondary N) is 1. The van der Waals surface area contributed by atoms with Crippen LogP contribution >= 0.6 is 0 Å². The summed E-state index contributed by atoms with van der Waals surface area (Å²) >= 11 is 0. The molecule has 1 aliphatic heterocycles. The first-order valence-corrected chi connectivity index (χ1v) is 9.01. The minimum Gasteiger partial charge on any atom is -0.320 e. The largest absolute Gasteiger partial charge is 0.416 e. The second-order valence-corrected chi connectivity index (χ2v) is 6.73. The van der Waals surface area contributed by atoms with Crippen molar-refractivity contribution in [2.24, 2.45) is 0 Å². The molecule has 0 spiro atoms. The first kappa shape index (κ1) is 18.9. The number of aromatic nitrogens is 2. The maximum Gasteiger partial charge on any atom is 0.416 e. The highest BCUT2D eigenvalue weighted by Crippen LogP contribution is 2.35. The van der Waals surface area contributed by atoms with Crippen LogP contribution < -0.4 is 10.5 Å². The molecule has 3 heterocycles. The van der Waals surface area contributed by atoms with Crippen molar-refractivity contribution in [1.82, 2.24) is 9.97 Å². The monoisotopic (exact) mass is 399 g/mol. The third-order valence-corrected chi connectivity index (χ3v) is 4.85. The Balaban J connectivity index is 1.67. The number of halogens is 3. The van der Waals surface area contributed by atoms with E-state index < -0.39 is 23.2 Å². The molecular weight excluding hydrogens is 383 g/mol. The highest BCUT2D eigenvalue weighted by Gasteiger charge is 2.33. The average Bonchev–Trinajstić information content (AvgIpc) is 2.72. The van der Waals surface area contributed by atoms with Crippen LogP contribution in [0.5, 0.6) is 0 Å². The summed E-state index contributed by atoms with van der Waals surface area (Å²) in [5, 5.41) is 0. The Morgan fingerprint density at radius 3 is 2.62 bits per heavy atom. The van der Waals surface area contributed by atoms with Gasteiger partial charge in [-0.05, 0) is 60.9 Å². The van der Waals surface area contributed by atoms with Crippen LogP contribution in [0.25, 0.3) is 11.4 Å². The quantitative estimate of drug-likeness (QED) is 0.707. The van der Waals surface area contributed by atoms with Gasteiger partial charge in [0.2, 0.25) is 0 Å². The van der Waals surface area contributed by atoms with Crippen molar-refractivity contribution >= 4 is 11.6 Å². The molecule has 8 heteroatoms. The lowest BCUT2D eigenvalue weighted by Gasteiger charge is -2.30. The van der Waals surface area contributed by atoms with Gasteiger partial charge in [-0.25, -0.2) is 0 Å². The van der Waals surface area contributed by atoms with Crippen molar-refractivity contribution in [2.45, 2.75) is 19.0 Å². The zero-order valence-electron chi connectivity index (χ0n) is 15.2. The minimum atomic E-state index is -4.44.